The Morgan fingerprint density at radius 2 is 0.667 bits per heavy atom. The number of unbranched alkanes of at least 4 members (excludes halogenated alkanes) is 5. The van der Waals surface area contributed by atoms with Crippen molar-refractivity contribution in [1.29, 1.82) is 0 Å². The average Bonchev–Trinajstić information content (AvgIpc) is 3.25. The van der Waals surface area contributed by atoms with E-state index in [0.29, 0.717) is 12.8 Å². The molecule has 0 heterocycles. The Hall–Kier alpha value is -4.48. The van der Waals surface area contributed by atoms with Gasteiger partial charge in [-0.3, -0.25) is 9.59 Å². The van der Waals surface area contributed by atoms with E-state index in [1.54, 1.807) is 0 Å². The van der Waals surface area contributed by atoms with Crippen LogP contribution in [0, 0.1) is 0 Å². The van der Waals surface area contributed by atoms with Crippen LogP contribution in [-0.2, 0) is 19.1 Å². The monoisotopic (exact) mass is 823 g/mol. The minimum Gasteiger partial charge on any atom is -0.462 e. The van der Waals surface area contributed by atoms with Crippen LogP contribution in [0.1, 0.15) is 155 Å². The third-order valence-electron chi connectivity index (χ3n) is 8.82. The van der Waals surface area contributed by atoms with E-state index in [9.17, 15) is 14.7 Å². The van der Waals surface area contributed by atoms with Crippen LogP contribution in [0.15, 0.2) is 158 Å². The normalized spacial score (nSPS) is 13.7. The first-order valence-corrected chi connectivity index (χ1v) is 23.0. The van der Waals surface area contributed by atoms with Crippen molar-refractivity contribution in [2.45, 2.75) is 161 Å². The summed E-state index contributed by atoms with van der Waals surface area (Å²) in [7, 11) is 0. The Morgan fingerprint density at radius 3 is 1.00 bits per heavy atom. The number of rotatable bonds is 39. The van der Waals surface area contributed by atoms with Crippen LogP contribution in [0.25, 0.3) is 0 Å². The van der Waals surface area contributed by atoms with Gasteiger partial charge in [0, 0.05) is 12.8 Å². The summed E-state index contributed by atoms with van der Waals surface area (Å²) >= 11 is 0. The number of hydrogen-bond donors (Lipinski definition) is 1. The molecule has 0 bridgehead atoms. The first kappa shape index (κ1) is 55.5. The van der Waals surface area contributed by atoms with Crippen LogP contribution >= 0.6 is 0 Å². The molecule has 0 aromatic heterocycles. The molecule has 0 saturated carbocycles. The second-order valence-corrected chi connectivity index (χ2v) is 14.4. The van der Waals surface area contributed by atoms with Gasteiger partial charge in [-0.1, -0.05) is 178 Å². The van der Waals surface area contributed by atoms with Gasteiger partial charge in [0.25, 0.3) is 0 Å². The lowest BCUT2D eigenvalue weighted by Crippen LogP contribution is -2.28. The first-order chi connectivity index (χ1) is 29.6. The lowest BCUT2D eigenvalue weighted by atomic mass is 10.1. The predicted octanol–water partition coefficient (Wildman–Crippen LogP) is 15.3. The molecule has 0 amide bonds. The minimum absolute atomic E-state index is 0.113. The molecular weight excluding hydrogens is 741 g/mol. The van der Waals surface area contributed by atoms with Crippen molar-refractivity contribution in [3.8, 4) is 0 Å². The van der Waals surface area contributed by atoms with E-state index in [-0.39, 0.29) is 25.2 Å². The molecule has 0 saturated heterocycles. The highest BCUT2D eigenvalue weighted by Gasteiger charge is 2.16. The Balaban J connectivity index is 3.75. The second kappa shape index (κ2) is 48.9. The summed E-state index contributed by atoms with van der Waals surface area (Å²) in [5.41, 5.74) is 0. The lowest BCUT2D eigenvalue weighted by Gasteiger charge is -2.15. The van der Waals surface area contributed by atoms with Gasteiger partial charge in [0.15, 0.2) is 6.10 Å². The number of allylic oxidation sites excluding steroid dienone is 26. The molecule has 0 aromatic rings. The highest BCUT2D eigenvalue weighted by molar-refractivity contribution is 5.70. The molecule has 0 aliphatic carbocycles. The molecule has 5 nitrogen and oxygen atoms in total. The quantitative estimate of drug-likeness (QED) is 0.0380. The standard InChI is InChI=1S/C55H82O5/c1-3-5-7-9-11-13-15-17-19-20-21-22-23-24-25-26-27-28-29-30-31-32-33-34-36-38-40-42-44-46-48-50-55(58)60-53(51-56)52-59-54(57)49-47-45-43-41-39-37-35-18-16-14-12-10-8-6-4-2/h5-8,11-14,17-19,21-22,24-25,27-28,30-31,33-35,38-41,53,56H,3-4,9-10,15-16,20,23,26,29,32,36-37,42-52H2,1-2H3/b7-5-,8-6-,13-11-,14-12-,19-17-,22-21-,25-24-,28-27-,31-30-,34-33-,35-18-,40-38-,41-39-. The summed E-state index contributed by atoms with van der Waals surface area (Å²) in [6.07, 6.45) is 76.1. The van der Waals surface area contributed by atoms with E-state index in [1.165, 1.54) is 0 Å². The molecule has 60 heavy (non-hydrogen) atoms. The lowest BCUT2D eigenvalue weighted by molar-refractivity contribution is -0.161. The first-order valence-electron chi connectivity index (χ1n) is 23.0. The maximum absolute atomic E-state index is 12.2. The Labute approximate surface area is 367 Å². The third-order valence-corrected chi connectivity index (χ3v) is 8.82. The molecule has 0 rings (SSSR count). The van der Waals surface area contributed by atoms with Crippen LogP contribution in [0.4, 0.5) is 0 Å². The van der Waals surface area contributed by atoms with Gasteiger partial charge < -0.3 is 14.6 Å². The van der Waals surface area contributed by atoms with Crippen molar-refractivity contribution >= 4 is 11.9 Å². The number of carbonyl (C=O) groups is 2. The number of ether oxygens (including phenoxy) is 2. The maximum atomic E-state index is 12.2. The molecule has 1 unspecified atom stereocenters. The zero-order chi connectivity index (χ0) is 43.5. The van der Waals surface area contributed by atoms with E-state index in [1.807, 2.05) is 0 Å². The van der Waals surface area contributed by atoms with Crippen molar-refractivity contribution in [1.82, 2.24) is 0 Å². The van der Waals surface area contributed by atoms with Gasteiger partial charge in [-0.15, -0.1) is 0 Å². The number of hydrogen-bond acceptors (Lipinski definition) is 5. The average molecular weight is 823 g/mol. The largest absolute Gasteiger partial charge is 0.462 e. The van der Waals surface area contributed by atoms with Crippen molar-refractivity contribution in [2.24, 2.45) is 0 Å². The molecule has 0 fully saturated rings. The van der Waals surface area contributed by atoms with Crippen LogP contribution in [0.3, 0.4) is 0 Å². The van der Waals surface area contributed by atoms with E-state index in [4.69, 9.17) is 9.47 Å². The summed E-state index contributed by atoms with van der Waals surface area (Å²) in [5, 5.41) is 9.58. The van der Waals surface area contributed by atoms with Gasteiger partial charge in [-0.25, -0.2) is 0 Å². The smallest absolute Gasteiger partial charge is 0.306 e. The van der Waals surface area contributed by atoms with Crippen molar-refractivity contribution in [3.63, 3.8) is 0 Å². The molecule has 0 spiro atoms. The van der Waals surface area contributed by atoms with Gasteiger partial charge in [-0.2, -0.15) is 0 Å². The molecule has 1 atom stereocenters. The Bertz CT molecular complexity index is 1390. The highest BCUT2D eigenvalue weighted by atomic mass is 16.6. The number of aliphatic hydroxyl groups is 1. The number of carbonyl (C=O) groups excluding carboxylic acids is 2. The van der Waals surface area contributed by atoms with Crippen molar-refractivity contribution in [3.05, 3.63) is 158 Å². The molecular formula is C55H82O5. The van der Waals surface area contributed by atoms with E-state index >= 15 is 0 Å². The number of aliphatic hydroxyl groups excluding tert-OH is 1. The summed E-state index contributed by atoms with van der Waals surface area (Å²) < 4.78 is 10.6. The topological polar surface area (TPSA) is 72.8 Å². The molecule has 0 aromatic carbocycles. The van der Waals surface area contributed by atoms with Crippen LogP contribution in [-0.4, -0.2) is 36.4 Å². The molecule has 0 aliphatic heterocycles. The predicted molar refractivity (Wildman–Crippen MR) is 260 cm³/mol. The van der Waals surface area contributed by atoms with E-state index < -0.39 is 6.10 Å². The maximum Gasteiger partial charge on any atom is 0.306 e. The van der Waals surface area contributed by atoms with Gasteiger partial charge in [-0.05, 0) is 122 Å². The molecule has 332 valence electrons. The Morgan fingerprint density at radius 1 is 0.383 bits per heavy atom. The van der Waals surface area contributed by atoms with Crippen LogP contribution < -0.4 is 0 Å². The SMILES string of the molecule is CC/C=C\C/C=C\C/C=C\C/C=C\C/C=C\C/C=C\C/C=C\C/C=C\C/C=C\CCCCCC(=O)OC(CO)COC(=O)CCCC/C=C\C/C=C\C/C=C\C/C=C\CC. The van der Waals surface area contributed by atoms with Gasteiger partial charge in [0.05, 0.1) is 6.61 Å². The third kappa shape index (κ3) is 46.2. The fraction of sp³-hybridized carbons (Fsp3) is 0.491. The zero-order valence-electron chi connectivity index (χ0n) is 37.6. The number of esters is 2. The summed E-state index contributed by atoms with van der Waals surface area (Å²) in [6.45, 7) is 3.81. The second-order valence-electron chi connectivity index (χ2n) is 14.4. The molecule has 0 aliphatic rings. The summed E-state index contributed by atoms with van der Waals surface area (Å²) in [6, 6.07) is 0. The van der Waals surface area contributed by atoms with Crippen LogP contribution in [0.2, 0.25) is 0 Å². The fourth-order valence-corrected chi connectivity index (χ4v) is 5.42. The molecule has 1 N–H and O–H groups in total. The van der Waals surface area contributed by atoms with E-state index in [2.05, 4.69) is 172 Å². The summed E-state index contributed by atoms with van der Waals surface area (Å²) in [4.78, 5) is 24.3. The van der Waals surface area contributed by atoms with Gasteiger partial charge in [0.1, 0.15) is 6.61 Å². The Kier molecular flexibility index (Phi) is 45.2. The van der Waals surface area contributed by atoms with E-state index in [0.717, 1.165) is 128 Å². The highest BCUT2D eigenvalue weighted by Crippen LogP contribution is 2.08. The molecule has 0 radical (unpaired) electrons. The zero-order valence-corrected chi connectivity index (χ0v) is 37.6. The summed E-state index contributed by atoms with van der Waals surface area (Å²) in [5.74, 6) is -0.696. The fourth-order valence-electron chi connectivity index (χ4n) is 5.42. The van der Waals surface area contributed by atoms with Gasteiger partial charge >= 0.3 is 11.9 Å². The van der Waals surface area contributed by atoms with Crippen molar-refractivity contribution < 1.29 is 24.2 Å². The van der Waals surface area contributed by atoms with Crippen LogP contribution in [0.5, 0.6) is 0 Å². The van der Waals surface area contributed by atoms with Gasteiger partial charge in [0.2, 0.25) is 0 Å². The molecule has 5 heteroatoms. The minimum atomic E-state index is -0.820. The van der Waals surface area contributed by atoms with Crippen molar-refractivity contribution in [2.75, 3.05) is 13.2 Å².